The van der Waals surface area contributed by atoms with Gasteiger partial charge in [0.25, 0.3) is 5.69 Å². The molecule has 1 aromatic rings. The molecule has 0 bridgehead atoms. The Hall–Kier alpha value is -1.29. The van der Waals surface area contributed by atoms with Gasteiger partial charge in [0.15, 0.2) is 0 Å². The molecule has 0 saturated heterocycles. The number of nitrogens with zero attached hydrogens (tertiary/aromatic N) is 1. The smallest absolute Gasteiger partial charge is 0.272 e. The number of halogens is 1. The topological polar surface area (TPSA) is 55.2 Å². The molecule has 5 heteroatoms. The summed E-state index contributed by atoms with van der Waals surface area (Å²) in [7, 11) is 0. The molecule has 0 aliphatic rings. The number of rotatable bonds is 5. The molecule has 82 valence electrons. The van der Waals surface area contributed by atoms with Crippen LogP contribution in [-0.2, 0) is 0 Å². The van der Waals surface area contributed by atoms with Gasteiger partial charge in [-0.2, -0.15) is 0 Å². The first-order valence-electron chi connectivity index (χ1n) is 4.82. The van der Waals surface area contributed by atoms with Gasteiger partial charge in [-0.05, 0) is 12.5 Å². The Morgan fingerprint density at radius 1 is 1.47 bits per heavy atom. The molecule has 0 fully saturated rings. The van der Waals surface area contributed by atoms with Crippen LogP contribution in [0.3, 0.4) is 0 Å². The van der Waals surface area contributed by atoms with E-state index in [-0.39, 0.29) is 5.69 Å². The Bertz CT molecular complexity index is 355. The first kappa shape index (κ1) is 11.8. The van der Waals surface area contributed by atoms with Gasteiger partial charge in [0.2, 0.25) is 0 Å². The first-order valence-corrected chi connectivity index (χ1v) is 5.20. The SMILES string of the molecule is CCCCNc1cc(Cl)cc([N+](=O)[O-])c1. The van der Waals surface area contributed by atoms with Gasteiger partial charge in [0.1, 0.15) is 0 Å². The third-order valence-corrected chi connectivity index (χ3v) is 2.17. The van der Waals surface area contributed by atoms with Crippen LogP contribution in [0.4, 0.5) is 11.4 Å². The number of benzene rings is 1. The predicted molar refractivity (Wildman–Crippen MR) is 61.5 cm³/mol. The van der Waals surface area contributed by atoms with Gasteiger partial charge in [0.05, 0.1) is 4.92 Å². The molecule has 0 aliphatic carbocycles. The normalized spacial score (nSPS) is 10.0. The standard InChI is InChI=1S/C10H13ClN2O2/c1-2-3-4-12-9-5-8(11)6-10(7-9)13(14)15/h5-7,12H,2-4H2,1H3. The van der Waals surface area contributed by atoms with Crippen LogP contribution in [0.5, 0.6) is 0 Å². The molecule has 0 saturated carbocycles. The van der Waals surface area contributed by atoms with Crippen molar-refractivity contribution in [2.75, 3.05) is 11.9 Å². The van der Waals surface area contributed by atoms with Crippen molar-refractivity contribution in [2.24, 2.45) is 0 Å². The molecular formula is C10H13ClN2O2. The van der Waals surface area contributed by atoms with E-state index in [0.717, 1.165) is 19.4 Å². The number of unbranched alkanes of at least 4 members (excludes halogenated alkanes) is 1. The Morgan fingerprint density at radius 3 is 2.80 bits per heavy atom. The average Bonchev–Trinajstić information content (AvgIpc) is 2.17. The summed E-state index contributed by atoms with van der Waals surface area (Å²) in [6.07, 6.45) is 2.11. The van der Waals surface area contributed by atoms with E-state index in [9.17, 15) is 10.1 Å². The van der Waals surface area contributed by atoms with Crippen molar-refractivity contribution >= 4 is 23.0 Å². The number of hydrogen-bond donors (Lipinski definition) is 1. The third kappa shape index (κ3) is 3.75. The molecule has 0 amide bonds. The second-order valence-corrected chi connectivity index (χ2v) is 3.67. The summed E-state index contributed by atoms with van der Waals surface area (Å²) in [5, 5.41) is 14.0. The molecule has 0 radical (unpaired) electrons. The monoisotopic (exact) mass is 228 g/mol. The van der Waals surface area contributed by atoms with Crippen LogP contribution in [0.15, 0.2) is 18.2 Å². The van der Waals surface area contributed by atoms with E-state index in [2.05, 4.69) is 12.2 Å². The largest absolute Gasteiger partial charge is 0.385 e. The first-order chi connectivity index (χ1) is 7.13. The van der Waals surface area contributed by atoms with Crippen molar-refractivity contribution in [3.05, 3.63) is 33.3 Å². The summed E-state index contributed by atoms with van der Waals surface area (Å²) in [5.41, 5.74) is 0.712. The molecule has 1 rings (SSSR count). The van der Waals surface area contributed by atoms with Crippen molar-refractivity contribution in [3.8, 4) is 0 Å². The summed E-state index contributed by atoms with van der Waals surface area (Å²) in [6, 6.07) is 4.51. The summed E-state index contributed by atoms with van der Waals surface area (Å²) in [6.45, 7) is 2.89. The maximum atomic E-state index is 10.6. The number of nitrogens with one attached hydrogen (secondary N) is 1. The van der Waals surface area contributed by atoms with E-state index in [1.807, 2.05) is 0 Å². The molecule has 1 aromatic carbocycles. The molecule has 4 nitrogen and oxygen atoms in total. The van der Waals surface area contributed by atoms with Crippen LogP contribution in [0, 0.1) is 10.1 Å². The summed E-state index contributed by atoms with van der Waals surface area (Å²) in [5.74, 6) is 0. The van der Waals surface area contributed by atoms with Gasteiger partial charge in [0, 0.05) is 29.4 Å². The van der Waals surface area contributed by atoms with E-state index in [1.54, 1.807) is 6.07 Å². The molecule has 0 atom stereocenters. The molecule has 0 aliphatic heterocycles. The zero-order valence-corrected chi connectivity index (χ0v) is 9.25. The fourth-order valence-corrected chi connectivity index (χ4v) is 1.42. The second kappa shape index (κ2) is 5.56. The molecular weight excluding hydrogens is 216 g/mol. The van der Waals surface area contributed by atoms with E-state index in [1.165, 1.54) is 12.1 Å². The zero-order chi connectivity index (χ0) is 11.3. The zero-order valence-electron chi connectivity index (χ0n) is 8.50. The van der Waals surface area contributed by atoms with Crippen LogP contribution >= 0.6 is 11.6 Å². The maximum absolute atomic E-state index is 10.6. The lowest BCUT2D eigenvalue weighted by Gasteiger charge is -2.05. The highest BCUT2D eigenvalue weighted by Gasteiger charge is 2.08. The highest BCUT2D eigenvalue weighted by Crippen LogP contribution is 2.23. The Morgan fingerprint density at radius 2 is 2.20 bits per heavy atom. The fraction of sp³-hybridized carbons (Fsp3) is 0.400. The highest BCUT2D eigenvalue weighted by molar-refractivity contribution is 6.31. The van der Waals surface area contributed by atoms with Gasteiger partial charge in [-0.25, -0.2) is 0 Å². The van der Waals surface area contributed by atoms with Gasteiger partial charge >= 0.3 is 0 Å². The minimum atomic E-state index is -0.448. The number of anilines is 1. The Labute approximate surface area is 93.4 Å². The van der Waals surface area contributed by atoms with Crippen molar-refractivity contribution in [1.82, 2.24) is 0 Å². The van der Waals surface area contributed by atoms with Crippen molar-refractivity contribution < 1.29 is 4.92 Å². The Kier molecular flexibility index (Phi) is 4.37. The lowest BCUT2D eigenvalue weighted by Crippen LogP contribution is -2.01. The molecule has 0 spiro atoms. The van der Waals surface area contributed by atoms with Gasteiger partial charge in [-0.3, -0.25) is 10.1 Å². The van der Waals surface area contributed by atoms with E-state index < -0.39 is 4.92 Å². The summed E-state index contributed by atoms with van der Waals surface area (Å²) >= 11 is 5.76. The van der Waals surface area contributed by atoms with Crippen LogP contribution < -0.4 is 5.32 Å². The molecule has 0 heterocycles. The second-order valence-electron chi connectivity index (χ2n) is 3.24. The number of hydrogen-bond acceptors (Lipinski definition) is 3. The van der Waals surface area contributed by atoms with E-state index in [4.69, 9.17) is 11.6 Å². The Balaban J connectivity index is 2.75. The number of nitro groups is 1. The third-order valence-electron chi connectivity index (χ3n) is 1.95. The summed E-state index contributed by atoms with van der Waals surface area (Å²) in [4.78, 5) is 10.1. The van der Waals surface area contributed by atoms with Crippen LogP contribution in [0.1, 0.15) is 19.8 Å². The van der Waals surface area contributed by atoms with Crippen LogP contribution in [-0.4, -0.2) is 11.5 Å². The van der Waals surface area contributed by atoms with Crippen molar-refractivity contribution in [3.63, 3.8) is 0 Å². The predicted octanol–water partition coefficient (Wildman–Crippen LogP) is 3.46. The quantitative estimate of drug-likeness (QED) is 0.477. The van der Waals surface area contributed by atoms with Crippen LogP contribution in [0.25, 0.3) is 0 Å². The molecule has 15 heavy (non-hydrogen) atoms. The van der Waals surface area contributed by atoms with E-state index >= 15 is 0 Å². The molecule has 0 unspecified atom stereocenters. The molecule has 1 N–H and O–H groups in total. The van der Waals surface area contributed by atoms with Crippen molar-refractivity contribution in [2.45, 2.75) is 19.8 Å². The molecule has 0 aromatic heterocycles. The van der Waals surface area contributed by atoms with Crippen LogP contribution in [0.2, 0.25) is 5.02 Å². The fourth-order valence-electron chi connectivity index (χ4n) is 1.19. The lowest BCUT2D eigenvalue weighted by molar-refractivity contribution is -0.384. The highest BCUT2D eigenvalue weighted by atomic mass is 35.5. The number of nitro benzene ring substituents is 1. The van der Waals surface area contributed by atoms with Gasteiger partial charge in [-0.1, -0.05) is 24.9 Å². The van der Waals surface area contributed by atoms with Crippen molar-refractivity contribution in [1.29, 1.82) is 0 Å². The lowest BCUT2D eigenvalue weighted by atomic mass is 10.2. The van der Waals surface area contributed by atoms with E-state index in [0.29, 0.717) is 10.7 Å². The number of non-ortho nitro benzene ring substituents is 1. The van der Waals surface area contributed by atoms with Gasteiger partial charge in [-0.15, -0.1) is 0 Å². The van der Waals surface area contributed by atoms with Gasteiger partial charge < -0.3 is 5.32 Å². The minimum Gasteiger partial charge on any atom is -0.385 e. The average molecular weight is 229 g/mol. The summed E-state index contributed by atoms with van der Waals surface area (Å²) < 4.78 is 0. The maximum Gasteiger partial charge on any atom is 0.272 e. The minimum absolute atomic E-state index is 0.0153.